The Kier molecular flexibility index (Phi) is 1.89. The zero-order chi connectivity index (χ0) is 9.47. The van der Waals surface area contributed by atoms with Gasteiger partial charge in [0, 0.05) is 0 Å². The molecule has 1 heterocycles. The van der Waals surface area contributed by atoms with E-state index in [1.807, 2.05) is 13.0 Å². The van der Waals surface area contributed by atoms with Crippen molar-refractivity contribution in [1.82, 2.24) is 0 Å². The van der Waals surface area contributed by atoms with E-state index >= 15 is 0 Å². The summed E-state index contributed by atoms with van der Waals surface area (Å²) in [4.78, 5) is 0.323. The van der Waals surface area contributed by atoms with Crippen molar-refractivity contribution in [2.75, 3.05) is 6.61 Å². The topological polar surface area (TPSA) is 43.4 Å². The van der Waals surface area contributed by atoms with Gasteiger partial charge in [0.25, 0.3) is 10.1 Å². The molecular weight excluding hydrogens is 188 g/mol. The van der Waals surface area contributed by atoms with Crippen LogP contribution in [0.3, 0.4) is 0 Å². The maximum absolute atomic E-state index is 11.4. The van der Waals surface area contributed by atoms with Gasteiger partial charge in [-0.1, -0.05) is 17.7 Å². The average Bonchev–Trinajstić information content (AvgIpc) is 2.02. The van der Waals surface area contributed by atoms with Crippen LogP contribution in [0, 0.1) is 6.92 Å². The first-order valence-corrected chi connectivity index (χ1v) is 5.49. The second-order valence-electron chi connectivity index (χ2n) is 3.14. The van der Waals surface area contributed by atoms with Gasteiger partial charge < -0.3 is 0 Å². The van der Waals surface area contributed by atoms with E-state index in [1.165, 1.54) is 0 Å². The van der Waals surface area contributed by atoms with Crippen molar-refractivity contribution in [1.29, 1.82) is 0 Å². The van der Waals surface area contributed by atoms with Gasteiger partial charge in [0.1, 0.15) is 0 Å². The van der Waals surface area contributed by atoms with Gasteiger partial charge in [-0.15, -0.1) is 0 Å². The van der Waals surface area contributed by atoms with Crippen molar-refractivity contribution >= 4 is 10.1 Å². The molecule has 1 aliphatic heterocycles. The molecular formula is C9H10O3S. The van der Waals surface area contributed by atoms with Gasteiger partial charge in [-0.3, -0.25) is 4.18 Å². The van der Waals surface area contributed by atoms with Gasteiger partial charge >= 0.3 is 0 Å². The molecule has 0 N–H and O–H groups in total. The summed E-state index contributed by atoms with van der Waals surface area (Å²) in [6.45, 7) is 2.21. The lowest BCUT2D eigenvalue weighted by molar-refractivity contribution is 0.309. The third-order valence-corrected chi connectivity index (χ3v) is 3.51. The van der Waals surface area contributed by atoms with Crippen LogP contribution in [0.5, 0.6) is 0 Å². The zero-order valence-electron chi connectivity index (χ0n) is 7.28. The van der Waals surface area contributed by atoms with Crippen molar-refractivity contribution in [2.45, 2.75) is 18.2 Å². The molecule has 0 radical (unpaired) electrons. The lowest BCUT2D eigenvalue weighted by atomic mass is 10.1. The molecule has 1 aromatic rings. The number of aryl methyl sites for hydroxylation is 1. The van der Waals surface area contributed by atoms with Crippen molar-refractivity contribution in [2.24, 2.45) is 0 Å². The fourth-order valence-corrected chi connectivity index (χ4v) is 2.62. The highest BCUT2D eigenvalue weighted by Crippen LogP contribution is 2.24. The summed E-state index contributed by atoms with van der Waals surface area (Å²) in [5.74, 6) is 0. The molecule has 0 saturated carbocycles. The summed E-state index contributed by atoms with van der Waals surface area (Å²) in [6, 6.07) is 5.29. The number of hydrogen-bond acceptors (Lipinski definition) is 3. The number of benzene rings is 1. The van der Waals surface area contributed by atoms with Gasteiger partial charge in [0.2, 0.25) is 0 Å². The van der Waals surface area contributed by atoms with E-state index in [-0.39, 0.29) is 6.61 Å². The Hall–Kier alpha value is -0.870. The smallest absolute Gasteiger partial charge is 0.266 e. The molecule has 13 heavy (non-hydrogen) atoms. The highest BCUT2D eigenvalue weighted by atomic mass is 32.2. The molecule has 0 fully saturated rings. The first-order chi connectivity index (χ1) is 6.09. The fourth-order valence-electron chi connectivity index (χ4n) is 1.47. The van der Waals surface area contributed by atoms with Gasteiger partial charge in [0.15, 0.2) is 0 Å². The summed E-state index contributed by atoms with van der Waals surface area (Å²) >= 11 is 0. The van der Waals surface area contributed by atoms with Gasteiger partial charge in [0.05, 0.1) is 11.5 Å². The van der Waals surface area contributed by atoms with Gasteiger partial charge in [-0.25, -0.2) is 0 Å². The minimum absolute atomic E-state index is 0.263. The number of rotatable bonds is 0. The molecule has 3 nitrogen and oxygen atoms in total. The van der Waals surface area contributed by atoms with Crippen LogP contribution in [0.25, 0.3) is 0 Å². The zero-order valence-corrected chi connectivity index (χ0v) is 8.10. The predicted molar refractivity (Wildman–Crippen MR) is 48.0 cm³/mol. The van der Waals surface area contributed by atoms with Crippen LogP contribution in [0.1, 0.15) is 11.1 Å². The molecule has 0 aromatic heterocycles. The third kappa shape index (κ3) is 1.47. The van der Waals surface area contributed by atoms with E-state index in [0.717, 1.165) is 11.1 Å². The largest absolute Gasteiger partial charge is 0.297 e. The molecule has 0 bridgehead atoms. The van der Waals surface area contributed by atoms with Gasteiger partial charge in [-0.05, 0) is 25.0 Å². The van der Waals surface area contributed by atoms with Crippen LogP contribution >= 0.6 is 0 Å². The Morgan fingerprint density at radius 2 is 2.15 bits per heavy atom. The Morgan fingerprint density at radius 1 is 1.38 bits per heavy atom. The predicted octanol–water partition coefficient (Wildman–Crippen LogP) is 1.26. The Morgan fingerprint density at radius 3 is 2.92 bits per heavy atom. The minimum Gasteiger partial charge on any atom is -0.266 e. The lowest BCUT2D eigenvalue weighted by Gasteiger charge is -2.16. The first-order valence-electron chi connectivity index (χ1n) is 4.08. The van der Waals surface area contributed by atoms with E-state index in [4.69, 9.17) is 4.18 Å². The van der Waals surface area contributed by atoms with Crippen LogP contribution in [0.4, 0.5) is 0 Å². The van der Waals surface area contributed by atoms with E-state index in [0.29, 0.717) is 11.3 Å². The summed E-state index contributed by atoms with van der Waals surface area (Å²) in [7, 11) is -3.46. The van der Waals surface area contributed by atoms with Crippen LogP contribution in [0.15, 0.2) is 23.1 Å². The van der Waals surface area contributed by atoms with E-state index in [2.05, 4.69) is 0 Å². The van der Waals surface area contributed by atoms with Crippen LogP contribution in [-0.4, -0.2) is 15.0 Å². The van der Waals surface area contributed by atoms with E-state index < -0.39 is 10.1 Å². The fraction of sp³-hybridized carbons (Fsp3) is 0.333. The molecule has 0 unspecified atom stereocenters. The first kappa shape index (κ1) is 8.72. The SMILES string of the molecule is Cc1ccc2c(c1)CCOS2(=O)=O. The third-order valence-electron chi connectivity index (χ3n) is 2.10. The Bertz CT molecular complexity index is 434. The lowest BCUT2D eigenvalue weighted by Crippen LogP contribution is -2.17. The van der Waals surface area contributed by atoms with Crippen LogP contribution in [-0.2, 0) is 20.7 Å². The summed E-state index contributed by atoms with van der Waals surface area (Å²) in [6.07, 6.45) is 0.677. The second-order valence-corrected chi connectivity index (χ2v) is 4.72. The summed E-state index contributed by atoms with van der Waals surface area (Å²) < 4.78 is 27.4. The summed E-state index contributed by atoms with van der Waals surface area (Å²) in [5.41, 5.74) is 1.95. The normalized spacial score (nSPS) is 19.5. The van der Waals surface area contributed by atoms with Crippen molar-refractivity contribution < 1.29 is 12.6 Å². The molecule has 70 valence electrons. The van der Waals surface area contributed by atoms with E-state index in [1.54, 1.807) is 12.1 Å². The van der Waals surface area contributed by atoms with Crippen LogP contribution < -0.4 is 0 Å². The molecule has 0 aliphatic carbocycles. The highest BCUT2D eigenvalue weighted by Gasteiger charge is 2.23. The highest BCUT2D eigenvalue weighted by molar-refractivity contribution is 7.86. The van der Waals surface area contributed by atoms with E-state index in [9.17, 15) is 8.42 Å². The second kappa shape index (κ2) is 2.82. The quantitative estimate of drug-likeness (QED) is 0.589. The molecule has 4 heteroatoms. The number of fused-ring (bicyclic) bond motifs is 1. The standard InChI is InChI=1S/C9H10O3S/c1-7-2-3-9-8(6-7)4-5-12-13(9,10)11/h2-3,6H,4-5H2,1H3. The molecule has 2 rings (SSSR count). The minimum atomic E-state index is -3.46. The summed E-state index contributed by atoms with van der Waals surface area (Å²) in [5, 5.41) is 0. The molecule has 0 amide bonds. The Labute approximate surface area is 77.5 Å². The average molecular weight is 198 g/mol. The van der Waals surface area contributed by atoms with Crippen LogP contribution in [0.2, 0.25) is 0 Å². The van der Waals surface area contributed by atoms with Gasteiger partial charge in [-0.2, -0.15) is 8.42 Å². The maximum Gasteiger partial charge on any atom is 0.297 e. The maximum atomic E-state index is 11.4. The molecule has 0 spiro atoms. The monoisotopic (exact) mass is 198 g/mol. The molecule has 1 aliphatic rings. The van der Waals surface area contributed by atoms with Crippen molar-refractivity contribution in [3.63, 3.8) is 0 Å². The van der Waals surface area contributed by atoms with Crippen molar-refractivity contribution in [3.8, 4) is 0 Å². The Balaban J connectivity index is 2.66. The molecule has 0 atom stereocenters. The number of hydrogen-bond donors (Lipinski definition) is 0. The van der Waals surface area contributed by atoms with Crippen molar-refractivity contribution in [3.05, 3.63) is 29.3 Å². The molecule has 0 saturated heterocycles. The molecule has 1 aromatic carbocycles.